The van der Waals surface area contributed by atoms with Crippen LogP contribution in [0.4, 0.5) is 8.78 Å². The molecule has 1 heterocycles. The lowest BCUT2D eigenvalue weighted by molar-refractivity contribution is -0.0505. The van der Waals surface area contributed by atoms with Gasteiger partial charge in [-0.2, -0.15) is 13.9 Å². The lowest BCUT2D eigenvalue weighted by atomic mass is 10.00. The molecule has 2 rings (SSSR count). The van der Waals surface area contributed by atoms with Crippen molar-refractivity contribution >= 4 is 5.96 Å². The maximum Gasteiger partial charge on any atom is 0.387 e. The van der Waals surface area contributed by atoms with Gasteiger partial charge < -0.3 is 25.2 Å². The van der Waals surface area contributed by atoms with Gasteiger partial charge in [0.05, 0.1) is 26.4 Å². The van der Waals surface area contributed by atoms with E-state index in [1.165, 1.54) is 13.2 Å². The van der Waals surface area contributed by atoms with E-state index in [2.05, 4.69) is 25.5 Å². The SMILES string of the molecule is CCNC(=NCc1ccc(OC)cc1OC(F)F)NCC(C)(O)c1cnn(C)c1. The Morgan fingerprint density at radius 2 is 2.14 bits per heavy atom. The molecule has 29 heavy (non-hydrogen) atoms. The number of rotatable bonds is 9. The lowest BCUT2D eigenvalue weighted by Crippen LogP contribution is -2.44. The summed E-state index contributed by atoms with van der Waals surface area (Å²) in [5.74, 6) is 0.836. The summed E-state index contributed by atoms with van der Waals surface area (Å²) in [7, 11) is 3.22. The molecule has 0 aliphatic carbocycles. The van der Waals surface area contributed by atoms with Gasteiger partial charge in [0.2, 0.25) is 0 Å². The van der Waals surface area contributed by atoms with Crippen LogP contribution in [0.3, 0.4) is 0 Å². The van der Waals surface area contributed by atoms with E-state index >= 15 is 0 Å². The molecule has 2 aromatic rings. The van der Waals surface area contributed by atoms with E-state index < -0.39 is 12.2 Å². The van der Waals surface area contributed by atoms with Gasteiger partial charge in [-0.05, 0) is 26.0 Å². The highest BCUT2D eigenvalue weighted by Gasteiger charge is 2.25. The molecular formula is C19H27F2N5O3. The number of aliphatic hydroxyl groups is 1. The molecule has 0 saturated carbocycles. The Bertz CT molecular complexity index is 824. The minimum Gasteiger partial charge on any atom is -0.497 e. The molecule has 8 nitrogen and oxygen atoms in total. The molecule has 1 atom stereocenters. The summed E-state index contributed by atoms with van der Waals surface area (Å²) in [5, 5.41) is 20.9. The first-order valence-electron chi connectivity index (χ1n) is 9.10. The zero-order chi connectivity index (χ0) is 21.4. The number of hydrogen-bond acceptors (Lipinski definition) is 5. The quantitative estimate of drug-likeness (QED) is 0.432. The number of halogens is 2. The number of ether oxygens (including phenoxy) is 2. The molecule has 160 valence electrons. The van der Waals surface area contributed by atoms with E-state index in [9.17, 15) is 13.9 Å². The number of aromatic nitrogens is 2. The first-order chi connectivity index (χ1) is 13.7. The average molecular weight is 411 g/mol. The summed E-state index contributed by atoms with van der Waals surface area (Å²) in [5.41, 5.74) is -0.0393. The van der Waals surface area contributed by atoms with Crippen molar-refractivity contribution in [2.45, 2.75) is 32.6 Å². The molecular weight excluding hydrogens is 384 g/mol. The summed E-state index contributed by atoms with van der Waals surface area (Å²) < 4.78 is 36.7. The monoisotopic (exact) mass is 411 g/mol. The van der Waals surface area contributed by atoms with Gasteiger partial charge in [0.25, 0.3) is 0 Å². The summed E-state index contributed by atoms with van der Waals surface area (Å²) in [6, 6.07) is 4.66. The Labute approximate surface area is 168 Å². The molecule has 0 spiro atoms. The second-order valence-electron chi connectivity index (χ2n) is 6.58. The van der Waals surface area contributed by atoms with E-state index in [-0.39, 0.29) is 18.8 Å². The van der Waals surface area contributed by atoms with Crippen molar-refractivity contribution in [2.24, 2.45) is 12.0 Å². The van der Waals surface area contributed by atoms with Crippen molar-refractivity contribution in [2.75, 3.05) is 20.2 Å². The predicted octanol–water partition coefficient (Wildman–Crippen LogP) is 1.99. The van der Waals surface area contributed by atoms with Crippen LogP contribution in [0.25, 0.3) is 0 Å². The largest absolute Gasteiger partial charge is 0.497 e. The van der Waals surface area contributed by atoms with Gasteiger partial charge in [-0.3, -0.25) is 4.68 Å². The number of nitrogens with zero attached hydrogens (tertiary/aromatic N) is 3. The molecule has 0 radical (unpaired) electrons. The van der Waals surface area contributed by atoms with Gasteiger partial charge >= 0.3 is 6.61 Å². The highest BCUT2D eigenvalue weighted by atomic mass is 19.3. The molecule has 0 saturated heterocycles. The number of aliphatic imine (C=N–C) groups is 1. The maximum absolute atomic E-state index is 12.7. The minimum absolute atomic E-state index is 0.00121. The fourth-order valence-electron chi connectivity index (χ4n) is 2.56. The van der Waals surface area contributed by atoms with E-state index in [1.807, 2.05) is 6.92 Å². The van der Waals surface area contributed by atoms with Crippen LogP contribution in [0, 0.1) is 0 Å². The summed E-state index contributed by atoms with van der Waals surface area (Å²) in [4.78, 5) is 4.41. The standard InChI is InChI=1S/C19H27F2N5O3/c1-5-22-18(24-12-19(2,27)14-10-25-26(3)11-14)23-9-13-6-7-15(28-4)8-16(13)29-17(20)21/h6-8,10-11,17,27H,5,9,12H2,1-4H3,(H2,22,23,24). The Hall–Kier alpha value is -2.88. The number of benzene rings is 1. The predicted molar refractivity (Wildman–Crippen MR) is 105 cm³/mol. The maximum atomic E-state index is 12.7. The van der Waals surface area contributed by atoms with Crippen LogP contribution in [0.5, 0.6) is 11.5 Å². The summed E-state index contributed by atoms with van der Waals surface area (Å²) in [6.07, 6.45) is 3.33. The molecule has 0 aliphatic rings. The highest BCUT2D eigenvalue weighted by Crippen LogP contribution is 2.27. The fraction of sp³-hybridized carbons (Fsp3) is 0.474. The lowest BCUT2D eigenvalue weighted by Gasteiger charge is -2.23. The van der Waals surface area contributed by atoms with Gasteiger partial charge in [0.1, 0.15) is 17.1 Å². The molecule has 1 aromatic carbocycles. The summed E-state index contributed by atoms with van der Waals surface area (Å²) >= 11 is 0. The average Bonchev–Trinajstić information content (AvgIpc) is 3.11. The number of hydrogen-bond donors (Lipinski definition) is 3. The van der Waals surface area contributed by atoms with Crippen LogP contribution < -0.4 is 20.1 Å². The van der Waals surface area contributed by atoms with Crippen LogP contribution in [-0.4, -0.2) is 47.7 Å². The van der Waals surface area contributed by atoms with E-state index in [0.29, 0.717) is 29.4 Å². The second-order valence-corrected chi connectivity index (χ2v) is 6.58. The summed E-state index contributed by atoms with van der Waals surface area (Å²) in [6.45, 7) is 1.47. The van der Waals surface area contributed by atoms with Crippen molar-refractivity contribution < 1.29 is 23.4 Å². The van der Waals surface area contributed by atoms with Crippen LogP contribution in [0.15, 0.2) is 35.6 Å². The topological polar surface area (TPSA) is 92.9 Å². The number of guanidine groups is 1. The van der Waals surface area contributed by atoms with Crippen LogP contribution in [0.2, 0.25) is 0 Å². The first-order valence-corrected chi connectivity index (χ1v) is 9.10. The molecule has 0 aliphatic heterocycles. The van der Waals surface area contributed by atoms with E-state index in [4.69, 9.17) is 4.74 Å². The van der Waals surface area contributed by atoms with Crippen molar-refractivity contribution in [3.8, 4) is 11.5 Å². The number of nitrogens with one attached hydrogen (secondary N) is 2. The van der Waals surface area contributed by atoms with Gasteiger partial charge in [0.15, 0.2) is 5.96 Å². The number of aryl methyl sites for hydroxylation is 1. The molecule has 1 unspecified atom stereocenters. The number of methoxy groups -OCH3 is 1. The Morgan fingerprint density at radius 3 is 2.72 bits per heavy atom. The molecule has 0 fully saturated rings. The van der Waals surface area contributed by atoms with Crippen LogP contribution in [0.1, 0.15) is 25.0 Å². The van der Waals surface area contributed by atoms with Crippen LogP contribution in [-0.2, 0) is 19.2 Å². The van der Waals surface area contributed by atoms with Crippen molar-refractivity contribution in [3.05, 3.63) is 41.7 Å². The van der Waals surface area contributed by atoms with E-state index in [0.717, 1.165) is 0 Å². The van der Waals surface area contributed by atoms with Crippen molar-refractivity contribution in [3.63, 3.8) is 0 Å². The van der Waals surface area contributed by atoms with Crippen molar-refractivity contribution in [1.82, 2.24) is 20.4 Å². The third-order valence-corrected chi connectivity index (χ3v) is 4.17. The van der Waals surface area contributed by atoms with Crippen LogP contribution >= 0.6 is 0 Å². The molecule has 3 N–H and O–H groups in total. The van der Waals surface area contributed by atoms with E-state index in [1.54, 1.807) is 43.2 Å². The molecule has 0 amide bonds. The second kappa shape index (κ2) is 10.1. The molecule has 1 aromatic heterocycles. The van der Waals surface area contributed by atoms with Gasteiger partial charge in [-0.1, -0.05) is 0 Å². The Morgan fingerprint density at radius 1 is 1.38 bits per heavy atom. The third-order valence-electron chi connectivity index (χ3n) is 4.17. The minimum atomic E-state index is -2.95. The third kappa shape index (κ3) is 6.60. The van der Waals surface area contributed by atoms with Gasteiger partial charge in [0, 0.05) is 37.0 Å². The first kappa shape index (κ1) is 22.4. The zero-order valence-electron chi connectivity index (χ0n) is 16.9. The fourth-order valence-corrected chi connectivity index (χ4v) is 2.56. The van der Waals surface area contributed by atoms with Gasteiger partial charge in [-0.25, -0.2) is 4.99 Å². The Balaban J connectivity index is 2.12. The zero-order valence-corrected chi connectivity index (χ0v) is 16.9. The highest BCUT2D eigenvalue weighted by molar-refractivity contribution is 5.79. The number of alkyl halides is 2. The van der Waals surface area contributed by atoms with Crippen molar-refractivity contribution in [1.29, 1.82) is 0 Å². The molecule has 0 bridgehead atoms. The normalized spacial score (nSPS) is 13.9. The smallest absolute Gasteiger partial charge is 0.387 e. The Kier molecular flexibility index (Phi) is 7.77. The molecule has 10 heteroatoms. The van der Waals surface area contributed by atoms with Gasteiger partial charge in [-0.15, -0.1) is 0 Å².